The SMILES string of the molecule is C=C.C=C/C=C(\CC)Nc1cc(=O)c2c(NCC(=O)O)nc(C)cc2n1-c1ccccc1. The van der Waals surface area contributed by atoms with Crippen molar-refractivity contribution in [1.82, 2.24) is 9.55 Å². The molecule has 0 amide bonds. The Balaban J connectivity index is 0.00000176. The summed E-state index contributed by atoms with van der Waals surface area (Å²) in [7, 11) is 0. The van der Waals surface area contributed by atoms with E-state index in [1.807, 2.05) is 54.0 Å². The van der Waals surface area contributed by atoms with Crippen molar-refractivity contribution in [2.75, 3.05) is 17.2 Å². The lowest BCUT2D eigenvalue weighted by atomic mass is 10.1. The summed E-state index contributed by atoms with van der Waals surface area (Å²) >= 11 is 0. The number of carbonyl (C=O) groups is 1. The number of nitrogens with one attached hydrogen (secondary N) is 2. The van der Waals surface area contributed by atoms with Gasteiger partial charge in [0.25, 0.3) is 0 Å². The number of nitrogens with zero attached hydrogens (tertiary/aromatic N) is 2. The van der Waals surface area contributed by atoms with Crippen LogP contribution in [0, 0.1) is 6.92 Å². The van der Waals surface area contributed by atoms with Gasteiger partial charge in [0.05, 0.1) is 10.9 Å². The average Bonchev–Trinajstić information content (AvgIpc) is 2.78. The van der Waals surface area contributed by atoms with Gasteiger partial charge in [-0.05, 0) is 37.6 Å². The van der Waals surface area contributed by atoms with E-state index in [0.29, 0.717) is 22.4 Å². The van der Waals surface area contributed by atoms with E-state index < -0.39 is 5.97 Å². The predicted molar refractivity (Wildman–Crippen MR) is 132 cm³/mol. The van der Waals surface area contributed by atoms with Crippen molar-refractivity contribution in [3.05, 3.63) is 96.0 Å². The Bertz CT molecular complexity index is 1200. The number of aromatic nitrogens is 2. The minimum atomic E-state index is -1.03. The minimum Gasteiger partial charge on any atom is -0.480 e. The first kappa shape index (κ1) is 24.1. The third-order valence-electron chi connectivity index (χ3n) is 4.53. The molecule has 166 valence electrons. The van der Waals surface area contributed by atoms with Gasteiger partial charge in [0.2, 0.25) is 0 Å². The van der Waals surface area contributed by atoms with Gasteiger partial charge in [-0.2, -0.15) is 0 Å². The molecule has 3 N–H and O–H groups in total. The summed E-state index contributed by atoms with van der Waals surface area (Å²) in [5.74, 6) is -0.176. The van der Waals surface area contributed by atoms with Gasteiger partial charge in [0, 0.05) is 23.1 Å². The van der Waals surface area contributed by atoms with Crippen molar-refractivity contribution in [3.8, 4) is 5.69 Å². The second-order valence-electron chi connectivity index (χ2n) is 6.72. The third-order valence-corrected chi connectivity index (χ3v) is 4.53. The molecule has 0 fully saturated rings. The molecule has 3 aromatic rings. The molecule has 1 aromatic carbocycles. The Kier molecular flexibility index (Phi) is 8.53. The van der Waals surface area contributed by atoms with E-state index in [9.17, 15) is 9.59 Å². The van der Waals surface area contributed by atoms with Crippen LogP contribution in [0.3, 0.4) is 0 Å². The Hall–Kier alpha value is -4.13. The molecule has 7 heteroatoms. The molecule has 0 atom stereocenters. The van der Waals surface area contributed by atoms with E-state index >= 15 is 0 Å². The molecule has 32 heavy (non-hydrogen) atoms. The summed E-state index contributed by atoms with van der Waals surface area (Å²) in [5, 5.41) is 15.5. The number of aliphatic carboxylic acids is 1. The van der Waals surface area contributed by atoms with Crippen LogP contribution in [0.2, 0.25) is 0 Å². The van der Waals surface area contributed by atoms with Crippen LogP contribution in [0.15, 0.2) is 84.8 Å². The van der Waals surface area contributed by atoms with Crippen LogP contribution in [-0.2, 0) is 4.79 Å². The molecule has 0 radical (unpaired) electrons. The molecule has 0 saturated carbocycles. The van der Waals surface area contributed by atoms with Crippen molar-refractivity contribution in [1.29, 1.82) is 0 Å². The van der Waals surface area contributed by atoms with Gasteiger partial charge in [0.15, 0.2) is 5.43 Å². The van der Waals surface area contributed by atoms with E-state index in [1.54, 1.807) is 13.0 Å². The van der Waals surface area contributed by atoms with E-state index in [2.05, 4.69) is 35.4 Å². The first-order valence-corrected chi connectivity index (χ1v) is 10.1. The lowest BCUT2D eigenvalue weighted by Crippen LogP contribution is -2.19. The number of pyridine rings is 2. The number of allylic oxidation sites excluding steroid dienone is 3. The number of para-hydroxylation sites is 1. The third kappa shape index (κ3) is 5.51. The maximum atomic E-state index is 13.1. The van der Waals surface area contributed by atoms with Crippen molar-refractivity contribution < 1.29 is 9.90 Å². The van der Waals surface area contributed by atoms with Crippen LogP contribution < -0.4 is 16.1 Å². The highest BCUT2D eigenvalue weighted by Crippen LogP contribution is 2.27. The number of aryl methyl sites for hydroxylation is 1. The molecular weight excluding hydrogens is 404 g/mol. The van der Waals surface area contributed by atoms with Gasteiger partial charge in [-0.15, -0.1) is 13.2 Å². The molecule has 3 rings (SSSR count). The van der Waals surface area contributed by atoms with Crippen LogP contribution in [0.4, 0.5) is 11.6 Å². The van der Waals surface area contributed by atoms with Crippen molar-refractivity contribution in [3.63, 3.8) is 0 Å². The Morgan fingerprint density at radius 2 is 1.91 bits per heavy atom. The predicted octanol–water partition coefficient (Wildman–Crippen LogP) is 4.88. The first-order chi connectivity index (χ1) is 15.4. The first-order valence-electron chi connectivity index (χ1n) is 10.1. The Morgan fingerprint density at radius 1 is 1.22 bits per heavy atom. The number of carboxylic acid groups (broad SMARTS) is 1. The number of fused-ring (bicyclic) bond motifs is 1. The van der Waals surface area contributed by atoms with Gasteiger partial charge in [-0.25, -0.2) is 4.98 Å². The highest BCUT2D eigenvalue weighted by molar-refractivity contribution is 5.93. The van der Waals surface area contributed by atoms with Crippen molar-refractivity contribution in [2.45, 2.75) is 20.3 Å². The van der Waals surface area contributed by atoms with Crippen LogP contribution >= 0.6 is 0 Å². The topological polar surface area (TPSA) is 96.2 Å². The van der Waals surface area contributed by atoms with E-state index in [-0.39, 0.29) is 17.8 Å². The monoisotopic (exact) mass is 432 g/mol. The van der Waals surface area contributed by atoms with Gasteiger partial charge in [-0.3, -0.25) is 14.2 Å². The maximum Gasteiger partial charge on any atom is 0.322 e. The van der Waals surface area contributed by atoms with E-state index in [0.717, 1.165) is 17.8 Å². The molecule has 0 aliphatic carbocycles. The fourth-order valence-corrected chi connectivity index (χ4v) is 3.25. The second-order valence-corrected chi connectivity index (χ2v) is 6.72. The quantitative estimate of drug-likeness (QED) is 0.347. The summed E-state index contributed by atoms with van der Waals surface area (Å²) in [4.78, 5) is 28.5. The smallest absolute Gasteiger partial charge is 0.322 e. The number of benzene rings is 1. The van der Waals surface area contributed by atoms with Gasteiger partial charge in [0.1, 0.15) is 18.2 Å². The normalized spacial score (nSPS) is 10.8. The van der Waals surface area contributed by atoms with Crippen molar-refractivity contribution in [2.24, 2.45) is 0 Å². The lowest BCUT2D eigenvalue weighted by molar-refractivity contribution is -0.134. The Labute approximate surface area is 187 Å². The zero-order chi connectivity index (χ0) is 23.7. The van der Waals surface area contributed by atoms with Crippen LogP contribution in [0.1, 0.15) is 19.0 Å². The molecule has 0 spiro atoms. The second kappa shape index (κ2) is 11.3. The summed E-state index contributed by atoms with van der Waals surface area (Å²) in [6.07, 6.45) is 4.29. The summed E-state index contributed by atoms with van der Waals surface area (Å²) in [6.45, 7) is 13.2. The summed E-state index contributed by atoms with van der Waals surface area (Å²) < 4.78 is 1.93. The summed E-state index contributed by atoms with van der Waals surface area (Å²) in [6, 6.07) is 13.0. The zero-order valence-electron chi connectivity index (χ0n) is 18.4. The van der Waals surface area contributed by atoms with E-state index in [4.69, 9.17) is 5.11 Å². The lowest BCUT2D eigenvalue weighted by Gasteiger charge is -2.20. The largest absolute Gasteiger partial charge is 0.480 e. The molecule has 0 aliphatic heterocycles. The van der Waals surface area contributed by atoms with Crippen LogP contribution in [0.25, 0.3) is 16.6 Å². The van der Waals surface area contributed by atoms with Crippen molar-refractivity contribution >= 4 is 28.5 Å². The number of hydrogen-bond donors (Lipinski definition) is 3. The standard InChI is InChI=1S/C23H24N4O3.C2H4/c1-4-9-16(5-2)26-20-13-19(28)22-18(27(20)17-10-7-6-8-11-17)12-15(3)25-23(22)24-14-21(29)30;1-2/h4,6-13,26H,1,5,14H2,2-3H3,(H,24,25)(H,29,30);1-2H2/b16-9+;. The van der Waals surface area contributed by atoms with Crippen LogP contribution in [0.5, 0.6) is 0 Å². The molecule has 2 aromatic heterocycles. The maximum absolute atomic E-state index is 13.1. The minimum absolute atomic E-state index is 0.255. The molecule has 0 unspecified atom stereocenters. The van der Waals surface area contributed by atoms with E-state index in [1.165, 1.54) is 6.07 Å². The molecule has 2 heterocycles. The molecular formula is C25H28N4O3. The van der Waals surface area contributed by atoms with Crippen LogP contribution in [-0.4, -0.2) is 27.2 Å². The zero-order valence-corrected chi connectivity index (χ0v) is 18.4. The fourth-order valence-electron chi connectivity index (χ4n) is 3.25. The molecule has 7 nitrogen and oxygen atoms in total. The summed E-state index contributed by atoms with van der Waals surface area (Å²) in [5.41, 5.74) is 2.80. The highest BCUT2D eigenvalue weighted by Gasteiger charge is 2.17. The highest BCUT2D eigenvalue weighted by atomic mass is 16.4. The van der Waals surface area contributed by atoms with Gasteiger partial charge < -0.3 is 15.7 Å². The number of anilines is 2. The Morgan fingerprint density at radius 3 is 2.50 bits per heavy atom. The average molecular weight is 433 g/mol. The number of rotatable bonds is 8. The number of carboxylic acids is 1. The van der Waals surface area contributed by atoms with Gasteiger partial charge >= 0.3 is 5.97 Å². The van der Waals surface area contributed by atoms with Gasteiger partial charge in [-0.1, -0.05) is 37.8 Å². The number of hydrogen-bond acceptors (Lipinski definition) is 5. The molecule has 0 saturated heterocycles. The molecule has 0 aliphatic rings. The molecule has 0 bridgehead atoms. The fraction of sp³-hybridized carbons (Fsp3) is 0.160.